The standard InChI is InChI=1S/C23H27N3O2/c1-3-28-15-9-14-23(27)24-22-16-21(20-13-8-7-10-18(20)2)25-26(22)17-19-11-5-4-6-12-19/h4-8,10-13,16H,3,9,14-15,17H2,1-2H3,(H,24,27). The summed E-state index contributed by atoms with van der Waals surface area (Å²) in [6.07, 6.45) is 1.13. The van der Waals surface area contributed by atoms with E-state index < -0.39 is 0 Å². The first-order chi connectivity index (χ1) is 13.7. The van der Waals surface area contributed by atoms with Crippen molar-refractivity contribution in [2.75, 3.05) is 18.5 Å². The highest BCUT2D eigenvalue weighted by molar-refractivity contribution is 5.90. The van der Waals surface area contributed by atoms with Crippen LogP contribution in [0.1, 0.15) is 30.9 Å². The fourth-order valence-corrected chi connectivity index (χ4v) is 3.07. The van der Waals surface area contributed by atoms with Crippen LogP contribution >= 0.6 is 0 Å². The summed E-state index contributed by atoms with van der Waals surface area (Å²) in [6, 6.07) is 20.2. The maximum absolute atomic E-state index is 12.4. The lowest BCUT2D eigenvalue weighted by Gasteiger charge is -2.09. The molecule has 0 unspecified atom stereocenters. The molecule has 0 saturated carbocycles. The summed E-state index contributed by atoms with van der Waals surface area (Å²) >= 11 is 0. The Morgan fingerprint density at radius 2 is 1.86 bits per heavy atom. The molecular weight excluding hydrogens is 350 g/mol. The smallest absolute Gasteiger partial charge is 0.225 e. The second-order valence-corrected chi connectivity index (χ2v) is 6.72. The normalized spacial score (nSPS) is 10.8. The molecule has 0 fully saturated rings. The van der Waals surface area contributed by atoms with E-state index in [0.29, 0.717) is 38.4 Å². The molecule has 1 aromatic heterocycles. The number of hydrogen-bond acceptors (Lipinski definition) is 3. The van der Waals surface area contributed by atoms with Crippen molar-refractivity contribution in [2.45, 2.75) is 33.2 Å². The third kappa shape index (κ3) is 5.30. The van der Waals surface area contributed by atoms with Gasteiger partial charge in [-0.2, -0.15) is 5.10 Å². The number of nitrogens with one attached hydrogen (secondary N) is 1. The van der Waals surface area contributed by atoms with E-state index in [-0.39, 0.29) is 5.91 Å². The van der Waals surface area contributed by atoms with Crippen molar-refractivity contribution >= 4 is 11.7 Å². The first-order valence-electron chi connectivity index (χ1n) is 9.72. The van der Waals surface area contributed by atoms with E-state index in [2.05, 4.69) is 36.5 Å². The van der Waals surface area contributed by atoms with Crippen LogP contribution in [-0.2, 0) is 16.1 Å². The van der Waals surface area contributed by atoms with Crippen molar-refractivity contribution in [3.05, 3.63) is 71.8 Å². The molecule has 0 saturated heterocycles. The molecule has 3 rings (SSSR count). The molecule has 3 aromatic rings. The minimum Gasteiger partial charge on any atom is -0.382 e. The number of aryl methyl sites for hydroxylation is 1. The van der Waals surface area contributed by atoms with Crippen molar-refractivity contribution in [1.82, 2.24) is 9.78 Å². The third-order valence-corrected chi connectivity index (χ3v) is 4.54. The van der Waals surface area contributed by atoms with Gasteiger partial charge < -0.3 is 10.1 Å². The van der Waals surface area contributed by atoms with Crippen LogP contribution in [0.2, 0.25) is 0 Å². The summed E-state index contributed by atoms with van der Waals surface area (Å²) in [5, 5.41) is 7.80. The molecule has 0 radical (unpaired) electrons. The minimum absolute atomic E-state index is 0.0229. The highest BCUT2D eigenvalue weighted by Gasteiger charge is 2.14. The summed E-state index contributed by atoms with van der Waals surface area (Å²) in [5.41, 5.74) is 4.22. The van der Waals surface area contributed by atoms with Crippen LogP contribution in [0.5, 0.6) is 0 Å². The molecule has 5 nitrogen and oxygen atoms in total. The first-order valence-corrected chi connectivity index (χ1v) is 9.72. The molecule has 2 aromatic carbocycles. The Kier molecular flexibility index (Phi) is 6.98. The SMILES string of the molecule is CCOCCCC(=O)Nc1cc(-c2ccccc2C)nn1Cc1ccccc1. The van der Waals surface area contributed by atoms with Gasteiger partial charge in [0, 0.05) is 31.3 Å². The molecule has 5 heteroatoms. The van der Waals surface area contributed by atoms with Crippen molar-refractivity contribution in [3.63, 3.8) is 0 Å². The maximum Gasteiger partial charge on any atom is 0.225 e. The number of nitrogens with zero attached hydrogens (tertiary/aromatic N) is 2. The van der Waals surface area contributed by atoms with Gasteiger partial charge in [0.05, 0.1) is 12.2 Å². The minimum atomic E-state index is -0.0229. The second-order valence-electron chi connectivity index (χ2n) is 6.72. The van der Waals surface area contributed by atoms with Gasteiger partial charge in [-0.25, -0.2) is 4.68 Å². The van der Waals surface area contributed by atoms with Crippen LogP contribution in [0.15, 0.2) is 60.7 Å². The monoisotopic (exact) mass is 377 g/mol. The highest BCUT2D eigenvalue weighted by Crippen LogP contribution is 2.25. The average molecular weight is 377 g/mol. The van der Waals surface area contributed by atoms with Crippen molar-refractivity contribution in [3.8, 4) is 11.3 Å². The topological polar surface area (TPSA) is 56.1 Å². The lowest BCUT2D eigenvalue weighted by atomic mass is 10.1. The predicted molar refractivity (Wildman–Crippen MR) is 112 cm³/mol. The van der Waals surface area contributed by atoms with Crippen LogP contribution in [0.4, 0.5) is 5.82 Å². The Hall–Kier alpha value is -2.92. The van der Waals surface area contributed by atoms with Crippen molar-refractivity contribution in [1.29, 1.82) is 0 Å². The predicted octanol–water partition coefficient (Wildman–Crippen LogP) is 4.66. The molecule has 1 N–H and O–H groups in total. The quantitative estimate of drug-likeness (QED) is 0.552. The zero-order valence-corrected chi connectivity index (χ0v) is 16.5. The van der Waals surface area contributed by atoms with Gasteiger partial charge in [-0.15, -0.1) is 0 Å². The Bertz CT molecular complexity index is 903. The Morgan fingerprint density at radius 1 is 1.11 bits per heavy atom. The maximum atomic E-state index is 12.4. The zero-order valence-electron chi connectivity index (χ0n) is 16.5. The number of hydrogen-bond donors (Lipinski definition) is 1. The van der Waals surface area contributed by atoms with Gasteiger partial charge >= 0.3 is 0 Å². The zero-order chi connectivity index (χ0) is 19.8. The molecule has 0 atom stereocenters. The van der Waals surface area contributed by atoms with E-state index in [0.717, 1.165) is 22.4 Å². The number of aromatic nitrogens is 2. The third-order valence-electron chi connectivity index (χ3n) is 4.54. The summed E-state index contributed by atoms with van der Waals surface area (Å²) in [6.45, 7) is 5.89. The summed E-state index contributed by atoms with van der Waals surface area (Å²) in [4.78, 5) is 12.4. The van der Waals surface area contributed by atoms with Gasteiger partial charge in [-0.1, -0.05) is 54.6 Å². The number of rotatable bonds is 9. The number of carbonyl (C=O) groups excluding carboxylic acids is 1. The van der Waals surface area contributed by atoms with Gasteiger partial charge in [0.15, 0.2) is 0 Å². The molecule has 0 aliphatic heterocycles. The van der Waals surface area contributed by atoms with Crippen LogP contribution in [0.3, 0.4) is 0 Å². The molecule has 0 bridgehead atoms. The molecule has 1 amide bonds. The second kappa shape index (κ2) is 9.85. The first kappa shape index (κ1) is 19.8. The average Bonchev–Trinajstić information content (AvgIpc) is 3.08. The van der Waals surface area contributed by atoms with E-state index in [9.17, 15) is 4.79 Å². The number of benzene rings is 2. The van der Waals surface area contributed by atoms with E-state index in [4.69, 9.17) is 9.84 Å². The van der Waals surface area contributed by atoms with Gasteiger partial charge in [0.2, 0.25) is 5.91 Å². The summed E-state index contributed by atoms with van der Waals surface area (Å²) in [5.74, 6) is 0.689. The van der Waals surface area contributed by atoms with E-state index in [1.54, 1.807) is 0 Å². The van der Waals surface area contributed by atoms with Crippen LogP contribution in [0, 0.1) is 6.92 Å². The van der Waals surface area contributed by atoms with Crippen LogP contribution in [0.25, 0.3) is 11.3 Å². The van der Waals surface area contributed by atoms with E-state index >= 15 is 0 Å². The number of ether oxygens (including phenoxy) is 1. The molecule has 0 aliphatic rings. The Balaban J connectivity index is 1.82. The van der Waals surface area contributed by atoms with Gasteiger partial charge in [0.25, 0.3) is 0 Å². The van der Waals surface area contributed by atoms with Gasteiger partial charge in [-0.05, 0) is 31.4 Å². The van der Waals surface area contributed by atoms with Crippen LogP contribution in [-0.4, -0.2) is 28.9 Å². The lowest BCUT2D eigenvalue weighted by Crippen LogP contribution is -2.16. The van der Waals surface area contributed by atoms with Crippen molar-refractivity contribution in [2.24, 2.45) is 0 Å². The number of anilines is 1. The van der Waals surface area contributed by atoms with E-state index in [1.165, 1.54) is 0 Å². The summed E-state index contributed by atoms with van der Waals surface area (Å²) < 4.78 is 7.17. The molecule has 146 valence electrons. The van der Waals surface area contributed by atoms with Crippen LogP contribution < -0.4 is 5.32 Å². The molecule has 28 heavy (non-hydrogen) atoms. The highest BCUT2D eigenvalue weighted by atomic mass is 16.5. The molecule has 1 heterocycles. The Morgan fingerprint density at radius 3 is 2.61 bits per heavy atom. The summed E-state index contributed by atoms with van der Waals surface area (Å²) in [7, 11) is 0. The molecular formula is C23H27N3O2. The number of amides is 1. The fraction of sp³-hybridized carbons (Fsp3) is 0.304. The fourth-order valence-electron chi connectivity index (χ4n) is 3.07. The Labute approximate surface area is 166 Å². The molecule has 0 spiro atoms. The number of carbonyl (C=O) groups is 1. The van der Waals surface area contributed by atoms with Crippen molar-refractivity contribution < 1.29 is 9.53 Å². The van der Waals surface area contributed by atoms with Gasteiger partial charge in [0.1, 0.15) is 5.82 Å². The largest absolute Gasteiger partial charge is 0.382 e. The lowest BCUT2D eigenvalue weighted by molar-refractivity contribution is -0.116. The van der Waals surface area contributed by atoms with Gasteiger partial charge in [-0.3, -0.25) is 4.79 Å². The van der Waals surface area contributed by atoms with E-state index in [1.807, 2.05) is 48.0 Å². The molecule has 0 aliphatic carbocycles.